The zero-order chi connectivity index (χ0) is 18.4. The highest BCUT2D eigenvalue weighted by atomic mass is 16.6. The smallest absolute Gasteiger partial charge is 0.275 e. The molecule has 3 N–H and O–H groups in total. The summed E-state index contributed by atoms with van der Waals surface area (Å²) in [6.07, 6.45) is 6.75. The summed E-state index contributed by atoms with van der Waals surface area (Å²) >= 11 is 0. The first-order valence-corrected chi connectivity index (χ1v) is 9.70. The van der Waals surface area contributed by atoms with Crippen LogP contribution in [0.25, 0.3) is 0 Å². The number of rotatable bonds is 7. The summed E-state index contributed by atoms with van der Waals surface area (Å²) in [6, 6.07) is 6.30. The Labute approximate surface area is 154 Å². The van der Waals surface area contributed by atoms with Crippen LogP contribution < -0.4 is 15.5 Å². The topological polar surface area (TPSA) is 88.7 Å². The Bertz CT molecular complexity index is 620. The zero-order valence-electron chi connectivity index (χ0n) is 15.2. The molecule has 142 valence electrons. The standard InChI is InChI=1S/C19H28N4O3/c24-19(14-22-12-9-15-3-1-2-4-16(15)13-22)21-11-10-20-17-5-7-18(8-6-17)23(25)26/h5-8,15-16,20H,1-4,9-14H2,(H,21,24)/p+1/t15-,16-/m1/s1. The summed E-state index contributed by atoms with van der Waals surface area (Å²) in [5.41, 5.74) is 0.892. The predicted molar refractivity (Wildman–Crippen MR) is 100 cm³/mol. The summed E-state index contributed by atoms with van der Waals surface area (Å²) < 4.78 is 0. The van der Waals surface area contributed by atoms with Crippen molar-refractivity contribution in [2.24, 2.45) is 11.8 Å². The summed E-state index contributed by atoms with van der Waals surface area (Å²) in [4.78, 5) is 23.8. The molecule has 0 spiro atoms. The molecule has 1 heterocycles. The molecule has 0 radical (unpaired) electrons. The van der Waals surface area contributed by atoms with Crippen LogP contribution in [0.4, 0.5) is 11.4 Å². The maximum atomic E-state index is 12.2. The highest BCUT2D eigenvalue weighted by Crippen LogP contribution is 2.32. The number of fused-ring (bicyclic) bond motifs is 1. The van der Waals surface area contributed by atoms with Crippen molar-refractivity contribution in [2.75, 3.05) is 38.0 Å². The predicted octanol–water partition coefficient (Wildman–Crippen LogP) is 1.22. The van der Waals surface area contributed by atoms with Gasteiger partial charge >= 0.3 is 0 Å². The van der Waals surface area contributed by atoms with E-state index < -0.39 is 4.92 Å². The van der Waals surface area contributed by atoms with E-state index in [0.29, 0.717) is 19.6 Å². The van der Waals surface area contributed by atoms with Crippen LogP contribution in [0.1, 0.15) is 32.1 Å². The maximum Gasteiger partial charge on any atom is 0.275 e. The van der Waals surface area contributed by atoms with Gasteiger partial charge in [0.2, 0.25) is 0 Å². The Morgan fingerprint density at radius 3 is 2.58 bits per heavy atom. The van der Waals surface area contributed by atoms with Crippen LogP contribution in [0, 0.1) is 22.0 Å². The third kappa shape index (κ3) is 5.17. The number of piperidine rings is 1. The molecule has 2 fully saturated rings. The van der Waals surface area contributed by atoms with E-state index in [1.54, 1.807) is 12.1 Å². The average molecular weight is 361 g/mol. The number of nitro benzene ring substituents is 1. The molecule has 2 aliphatic rings. The SMILES string of the molecule is O=C(C[NH+]1CC[C@H]2CCCC[C@@H]2C1)NCCNc1ccc([N+](=O)[O-])cc1. The molecule has 7 heteroatoms. The number of non-ortho nitro benzene ring substituents is 1. The second kappa shape index (κ2) is 8.98. The van der Waals surface area contributed by atoms with Crippen LogP contribution >= 0.6 is 0 Å². The highest BCUT2D eigenvalue weighted by Gasteiger charge is 2.34. The van der Waals surface area contributed by atoms with Crippen molar-refractivity contribution in [2.45, 2.75) is 32.1 Å². The van der Waals surface area contributed by atoms with Crippen molar-refractivity contribution in [3.8, 4) is 0 Å². The van der Waals surface area contributed by atoms with Crippen LogP contribution in [-0.4, -0.2) is 43.6 Å². The van der Waals surface area contributed by atoms with Crippen LogP contribution in [0.15, 0.2) is 24.3 Å². The number of amides is 1. The maximum absolute atomic E-state index is 12.2. The van der Waals surface area contributed by atoms with Crippen LogP contribution in [0.5, 0.6) is 0 Å². The Kier molecular flexibility index (Phi) is 6.44. The number of nitrogens with zero attached hydrogens (tertiary/aromatic N) is 1. The Morgan fingerprint density at radius 1 is 1.12 bits per heavy atom. The Hall–Kier alpha value is -2.15. The quantitative estimate of drug-likeness (QED) is 0.387. The number of hydrogen-bond acceptors (Lipinski definition) is 4. The molecule has 0 aromatic heterocycles. The summed E-state index contributed by atoms with van der Waals surface area (Å²) in [5.74, 6) is 1.84. The van der Waals surface area contributed by atoms with E-state index in [1.807, 2.05) is 0 Å². The number of carbonyl (C=O) groups is 1. The van der Waals surface area contributed by atoms with Crippen molar-refractivity contribution in [3.05, 3.63) is 34.4 Å². The van der Waals surface area contributed by atoms with Crippen molar-refractivity contribution >= 4 is 17.3 Å². The summed E-state index contributed by atoms with van der Waals surface area (Å²) in [5, 5.41) is 16.8. The molecule has 0 bridgehead atoms. The van der Waals surface area contributed by atoms with Gasteiger partial charge in [0.1, 0.15) is 0 Å². The van der Waals surface area contributed by atoms with Gasteiger partial charge in [0.05, 0.1) is 18.0 Å². The molecule has 26 heavy (non-hydrogen) atoms. The first kappa shape index (κ1) is 18.6. The molecular weight excluding hydrogens is 332 g/mol. The minimum atomic E-state index is -0.414. The van der Waals surface area contributed by atoms with Crippen molar-refractivity contribution in [1.29, 1.82) is 0 Å². The van der Waals surface area contributed by atoms with Gasteiger partial charge in [-0.15, -0.1) is 0 Å². The van der Waals surface area contributed by atoms with Crippen LogP contribution in [0.2, 0.25) is 0 Å². The molecule has 1 aromatic rings. The van der Waals surface area contributed by atoms with Gasteiger partial charge in [-0.2, -0.15) is 0 Å². The first-order chi connectivity index (χ1) is 12.6. The lowest BCUT2D eigenvalue weighted by Crippen LogP contribution is -3.15. The molecule has 3 atom stereocenters. The first-order valence-electron chi connectivity index (χ1n) is 9.70. The van der Waals surface area contributed by atoms with Gasteiger partial charge in [0, 0.05) is 36.8 Å². The van der Waals surface area contributed by atoms with Crippen molar-refractivity contribution in [1.82, 2.24) is 5.32 Å². The highest BCUT2D eigenvalue weighted by molar-refractivity contribution is 5.76. The molecule has 1 saturated carbocycles. The van der Waals surface area contributed by atoms with Crippen LogP contribution in [-0.2, 0) is 4.79 Å². The minimum Gasteiger partial charge on any atom is -0.383 e. The number of anilines is 1. The summed E-state index contributed by atoms with van der Waals surface area (Å²) in [7, 11) is 0. The summed E-state index contributed by atoms with van der Waals surface area (Å²) in [6.45, 7) is 3.99. The third-order valence-corrected chi connectivity index (χ3v) is 5.75. The van der Waals surface area contributed by atoms with E-state index in [1.165, 1.54) is 49.1 Å². The zero-order valence-corrected chi connectivity index (χ0v) is 15.2. The normalized spacial score (nSPS) is 25.2. The van der Waals surface area contributed by atoms with Gasteiger partial charge in [-0.25, -0.2) is 0 Å². The van der Waals surface area contributed by atoms with Gasteiger partial charge in [0.25, 0.3) is 11.6 Å². The molecule has 7 nitrogen and oxygen atoms in total. The number of hydrogen-bond donors (Lipinski definition) is 3. The lowest BCUT2D eigenvalue weighted by atomic mass is 9.75. The van der Waals surface area contributed by atoms with E-state index >= 15 is 0 Å². The molecule has 3 rings (SSSR count). The lowest BCUT2D eigenvalue weighted by Gasteiger charge is -2.38. The van der Waals surface area contributed by atoms with E-state index in [-0.39, 0.29) is 11.6 Å². The van der Waals surface area contributed by atoms with E-state index in [0.717, 1.165) is 30.6 Å². The van der Waals surface area contributed by atoms with Crippen molar-refractivity contribution < 1.29 is 14.6 Å². The molecule has 1 aliphatic heterocycles. The fourth-order valence-electron chi connectivity index (χ4n) is 4.36. The fraction of sp³-hybridized carbons (Fsp3) is 0.632. The Morgan fingerprint density at radius 2 is 1.85 bits per heavy atom. The second-order valence-electron chi connectivity index (χ2n) is 7.55. The van der Waals surface area contributed by atoms with E-state index in [9.17, 15) is 14.9 Å². The van der Waals surface area contributed by atoms with Gasteiger partial charge in [0.15, 0.2) is 6.54 Å². The van der Waals surface area contributed by atoms with Gasteiger partial charge in [-0.1, -0.05) is 12.8 Å². The number of nitrogens with one attached hydrogen (secondary N) is 3. The molecule has 1 aliphatic carbocycles. The number of carbonyl (C=O) groups excluding carboxylic acids is 1. The largest absolute Gasteiger partial charge is 0.383 e. The van der Waals surface area contributed by atoms with Gasteiger partial charge < -0.3 is 15.5 Å². The molecule has 1 amide bonds. The third-order valence-electron chi connectivity index (χ3n) is 5.75. The van der Waals surface area contributed by atoms with Gasteiger partial charge in [-0.3, -0.25) is 14.9 Å². The van der Waals surface area contributed by atoms with E-state index in [4.69, 9.17) is 0 Å². The average Bonchev–Trinajstić information content (AvgIpc) is 2.65. The van der Waals surface area contributed by atoms with Gasteiger partial charge in [-0.05, 0) is 37.3 Å². The number of quaternary nitrogens is 1. The molecule has 1 aromatic carbocycles. The number of nitro groups is 1. The number of benzene rings is 1. The van der Waals surface area contributed by atoms with Crippen LogP contribution in [0.3, 0.4) is 0 Å². The molecule has 1 unspecified atom stereocenters. The van der Waals surface area contributed by atoms with E-state index in [2.05, 4.69) is 10.6 Å². The fourth-order valence-corrected chi connectivity index (χ4v) is 4.36. The minimum absolute atomic E-state index is 0.0774. The number of likely N-dealkylation sites (tertiary alicyclic amines) is 1. The molecular formula is C19H29N4O3+. The van der Waals surface area contributed by atoms with Crippen molar-refractivity contribution in [3.63, 3.8) is 0 Å². The monoisotopic (exact) mass is 361 g/mol. The molecule has 1 saturated heterocycles. The Balaban J connectivity index is 1.32. The second-order valence-corrected chi connectivity index (χ2v) is 7.55. The lowest BCUT2D eigenvalue weighted by molar-refractivity contribution is -0.902.